The molecule has 0 spiro atoms. The molecule has 4 nitrogen and oxygen atoms in total. The average molecular weight is 319 g/mol. The van der Waals surface area contributed by atoms with Gasteiger partial charge in [-0.05, 0) is 30.2 Å². The number of aromatic nitrogens is 2. The molecule has 0 fully saturated rings. The Labute approximate surface area is 125 Å². The van der Waals surface area contributed by atoms with Crippen LogP contribution >= 0.6 is 34.8 Å². The lowest BCUT2D eigenvalue weighted by Gasteiger charge is -2.13. The molecule has 2 aromatic rings. The van der Waals surface area contributed by atoms with Crippen molar-refractivity contribution in [1.82, 2.24) is 9.97 Å². The van der Waals surface area contributed by atoms with Crippen LogP contribution in [0.2, 0.25) is 15.3 Å². The van der Waals surface area contributed by atoms with Gasteiger partial charge in [-0.15, -0.1) is 0 Å². The van der Waals surface area contributed by atoms with E-state index in [0.717, 1.165) is 5.56 Å². The summed E-state index contributed by atoms with van der Waals surface area (Å²) in [4.78, 5) is 7.80. The lowest BCUT2D eigenvalue weighted by atomic mass is 10.2. The Morgan fingerprint density at radius 1 is 1.16 bits per heavy atom. The van der Waals surface area contributed by atoms with Gasteiger partial charge in [0.05, 0.1) is 19.0 Å². The van der Waals surface area contributed by atoms with Gasteiger partial charge in [0.15, 0.2) is 5.82 Å². The Morgan fingerprint density at radius 3 is 2.58 bits per heavy atom. The quantitative estimate of drug-likeness (QED) is 0.847. The number of halogens is 3. The molecule has 0 atom stereocenters. The van der Waals surface area contributed by atoms with Crippen molar-refractivity contribution in [2.45, 2.75) is 6.92 Å². The summed E-state index contributed by atoms with van der Waals surface area (Å²) < 4.78 is 5.26. The highest BCUT2D eigenvalue weighted by molar-refractivity contribution is 6.33. The van der Waals surface area contributed by atoms with Crippen molar-refractivity contribution >= 4 is 46.3 Å². The molecule has 0 aliphatic heterocycles. The number of nitrogens with one attached hydrogen (secondary N) is 1. The van der Waals surface area contributed by atoms with Crippen molar-refractivity contribution < 1.29 is 4.74 Å². The SMILES string of the molecule is COc1cc(Cl)c(C)cc1Nc1nc(Cl)ncc1Cl. The second kappa shape index (κ2) is 5.82. The molecular weight excluding hydrogens is 309 g/mol. The molecule has 1 aromatic heterocycles. The van der Waals surface area contributed by atoms with Crippen LogP contribution in [0.1, 0.15) is 5.56 Å². The van der Waals surface area contributed by atoms with E-state index in [4.69, 9.17) is 39.5 Å². The molecule has 0 saturated heterocycles. The van der Waals surface area contributed by atoms with Crippen LogP contribution in [0.5, 0.6) is 5.75 Å². The third-order valence-electron chi connectivity index (χ3n) is 2.45. The third-order valence-corrected chi connectivity index (χ3v) is 3.31. The highest BCUT2D eigenvalue weighted by Gasteiger charge is 2.10. The van der Waals surface area contributed by atoms with Crippen LogP contribution in [0.25, 0.3) is 0 Å². The molecule has 19 heavy (non-hydrogen) atoms. The van der Waals surface area contributed by atoms with Crippen LogP contribution < -0.4 is 10.1 Å². The van der Waals surface area contributed by atoms with Gasteiger partial charge in [-0.1, -0.05) is 23.2 Å². The van der Waals surface area contributed by atoms with Gasteiger partial charge in [-0.2, -0.15) is 4.98 Å². The number of ether oxygens (including phenoxy) is 1. The molecule has 0 amide bonds. The number of anilines is 2. The van der Waals surface area contributed by atoms with E-state index in [9.17, 15) is 0 Å². The van der Waals surface area contributed by atoms with Crippen LogP contribution in [-0.2, 0) is 0 Å². The maximum atomic E-state index is 6.04. The number of benzene rings is 1. The molecule has 0 aliphatic carbocycles. The summed E-state index contributed by atoms with van der Waals surface area (Å²) in [6, 6.07) is 3.56. The van der Waals surface area contributed by atoms with Gasteiger partial charge in [0.25, 0.3) is 0 Å². The van der Waals surface area contributed by atoms with Gasteiger partial charge in [0, 0.05) is 11.1 Å². The van der Waals surface area contributed by atoms with E-state index < -0.39 is 0 Å². The predicted molar refractivity (Wildman–Crippen MR) is 78.1 cm³/mol. The lowest BCUT2D eigenvalue weighted by Crippen LogP contribution is -1.99. The summed E-state index contributed by atoms with van der Waals surface area (Å²) in [5, 5.41) is 4.14. The van der Waals surface area contributed by atoms with Crippen molar-refractivity contribution in [3.8, 4) is 5.75 Å². The Hall–Kier alpha value is -1.23. The number of hydrogen-bond donors (Lipinski definition) is 1. The molecule has 0 unspecified atom stereocenters. The van der Waals surface area contributed by atoms with E-state index in [-0.39, 0.29) is 5.28 Å². The Kier molecular flexibility index (Phi) is 4.34. The first-order chi connectivity index (χ1) is 9.01. The van der Waals surface area contributed by atoms with E-state index in [1.54, 1.807) is 13.2 Å². The molecular formula is C12H10Cl3N3O. The normalized spacial score (nSPS) is 10.4. The number of methoxy groups -OCH3 is 1. The fourth-order valence-corrected chi connectivity index (χ4v) is 1.92. The second-order valence-electron chi connectivity index (χ2n) is 3.76. The van der Waals surface area contributed by atoms with E-state index in [0.29, 0.717) is 27.3 Å². The first kappa shape index (κ1) is 14.2. The van der Waals surface area contributed by atoms with Crippen LogP contribution in [-0.4, -0.2) is 17.1 Å². The van der Waals surface area contributed by atoms with E-state index in [1.165, 1.54) is 6.20 Å². The molecule has 0 aliphatic rings. The highest BCUT2D eigenvalue weighted by Crippen LogP contribution is 2.34. The summed E-state index contributed by atoms with van der Waals surface area (Å²) in [7, 11) is 1.56. The standard InChI is InChI=1S/C12H10Cl3N3O/c1-6-3-9(10(19-2)4-7(6)13)17-11-8(14)5-16-12(15)18-11/h3-5H,1-2H3,(H,16,17,18). The molecule has 0 saturated carbocycles. The fraction of sp³-hybridized carbons (Fsp3) is 0.167. The molecule has 1 heterocycles. The number of hydrogen-bond acceptors (Lipinski definition) is 4. The maximum Gasteiger partial charge on any atom is 0.224 e. The Bertz CT molecular complexity index is 619. The van der Waals surface area contributed by atoms with Gasteiger partial charge in [0.2, 0.25) is 5.28 Å². The first-order valence-electron chi connectivity index (χ1n) is 5.30. The first-order valence-corrected chi connectivity index (χ1v) is 6.44. The topological polar surface area (TPSA) is 47.0 Å². The maximum absolute atomic E-state index is 6.04. The Balaban J connectivity index is 2.42. The molecule has 0 bridgehead atoms. The van der Waals surface area contributed by atoms with E-state index in [2.05, 4.69) is 15.3 Å². The molecule has 1 N–H and O–H groups in total. The molecule has 7 heteroatoms. The number of nitrogens with zero attached hydrogens (tertiary/aromatic N) is 2. The average Bonchev–Trinajstić information content (AvgIpc) is 2.38. The van der Waals surface area contributed by atoms with Crippen LogP contribution in [0.3, 0.4) is 0 Å². The van der Waals surface area contributed by atoms with Gasteiger partial charge in [0.1, 0.15) is 10.8 Å². The summed E-state index contributed by atoms with van der Waals surface area (Å²) in [5.74, 6) is 0.989. The molecule has 0 radical (unpaired) electrons. The minimum Gasteiger partial charge on any atom is -0.495 e. The minimum absolute atomic E-state index is 0.108. The summed E-state index contributed by atoms with van der Waals surface area (Å²) in [6.45, 7) is 1.89. The second-order valence-corrected chi connectivity index (χ2v) is 4.91. The predicted octanol–water partition coefficient (Wildman–Crippen LogP) is 4.50. The van der Waals surface area contributed by atoms with Crippen molar-refractivity contribution in [1.29, 1.82) is 0 Å². The molecule has 100 valence electrons. The summed E-state index contributed by atoms with van der Waals surface area (Å²) >= 11 is 17.8. The van der Waals surface area contributed by atoms with E-state index >= 15 is 0 Å². The largest absolute Gasteiger partial charge is 0.495 e. The van der Waals surface area contributed by atoms with Gasteiger partial charge in [-0.25, -0.2) is 4.98 Å². The zero-order chi connectivity index (χ0) is 14.0. The zero-order valence-corrected chi connectivity index (χ0v) is 12.4. The van der Waals surface area contributed by atoms with Crippen LogP contribution in [0.4, 0.5) is 11.5 Å². The van der Waals surface area contributed by atoms with Crippen molar-refractivity contribution in [2.75, 3.05) is 12.4 Å². The van der Waals surface area contributed by atoms with Gasteiger partial charge in [-0.3, -0.25) is 0 Å². The lowest BCUT2D eigenvalue weighted by molar-refractivity contribution is 0.416. The highest BCUT2D eigenvalue weighted by atomic mass is 35.5. The Morgan fingerprint density at radius 2 is 1.89 bits per heavy atom. The molecule has 2 rings (SSSR count). The van der Waals surface area contributed by atoms with Crippen LogP contribution in [0, 0.1) is 6.92 Å². The summed E-state index contributed by atoms with van der Waals surface area (Å²) in [6.07, 6.45) is 1.43. The number of aryl methyl sites for hydroxylation is 1. The van der Waals surface area contributed by atoms with Crippen molar-refractivity contribution in [3.05, 3.63) is 39.2 Å². The fourth-order valence-electron chi connectivity index (χ4n) is 1.49. The van der Waals surface area contributed by atoms with Crippen molar-refractivity contribution in [3.63, 3.8) is 0 Å². The summed E-state index contributed by atoms with van der Waals surface area (Å²) in [5.41, 5.74) is 1.60. The zero-order valence-electron chi connectivity index (χ0n) is 10.2. The van der Waals surface area contributed by atoms with Gasteiger partial charge >= 0.3 is 0 Å². The van der Waals surface area contributed by atoms with Crippen LogP contribution in [0.15, 0.2) is 18.3 Å². The van der Waals surface area contributed by atoms with Gasteiger partial charge < -0.3 is 10.1 Å². The minimum atomic E-state index is 0.108. The number of rotatable bonds is 3. The van der Waals surface area contributed by atoms with E-state index in [1.807, 2.05) is 13.0 Å². The smallest absolute Gasteiger partial charge is 0.224 e. The third kappa shape index (κ3) is 3.21. The van der Waals surface area contributed by atoms with Crippen molar-refractivity contribution in [2.24, 2.45) is 0 Å². The monoisotopic (exact) mass is 317 g/mol. The molecule has 1 aromatic carbocycles.